The molecule has 0 radical (unpaired) electrons. The first-order chi connectivity index (χ1) is 20.4. The largest absolute Gasteiger partial charge is 0.481 e. The van der Waals surface area contributed by atoms with Crippen LogP contribution in [0.1, 0.15) is 51.3 Å². The molecule has 2 heterocycles. The first-order valence-corrected chi connectivity index (χ1v) is 15.2. The fraction of sp³-hybridized carbons (Fsp3) is 0.567. The van der Waals surface area contributed by atoms with Crippen LogP contribution in [0.3, 0.4) is 0 Å². The number of β-amino-alcohol motifs (C(OH)–C–C–N with tert-alkyl or cyclic N) is 1. The number of thiazole rings is 1. The van der Waals surface area contributed by atoms with Gasteiger partial charge < -0.3 is 35.2 Å². The van der Waals surface area contributed by atoms with Gasteiger partial charge in [-0.15, -0.1) is 11.3 Å². The van der Waals surface area contributed by atoms with Gasteiger partial charge in [-0.1, -0.05) is 45.0 Å². The molecule has 0 spiro atoms. The van der Waals surface area contributed by atoms with Crippen LogP contribution in [0.15, 0.2) is 29.8 Å². The molecular weight excluding hydrogens is 576 g/mol. The fourth-order valence-electron chi connectivity index (χ4n) is 4.66. The van der Waals surface area contributed by atoms with Crippen molar-refractivity contribution in [2.75, 3.05) is 33.0 Å². The molecule has 1 aromatic heterocycles. The summed E-state index contributed by atoms with van der Waals surface area (Å²) < 4.78 is 10.5. The predicted octanol–water partition coefficient (Wildman–Crippen LogP) is 2.13. The van der Waals surface area contributed by atoms with Crippen LogP contribution in [0, 0.1) is 12.3 Å². The van der Waals surface area contributed by atoms with Crippen molar-refractivity contribution in [2.45, 2.75) is 71.7 Å². The lowest BCUT2D eigenvalue weighted by molar-refractivity contribution is -0.144. The summed E-state index contributed by atoms with van der Waals surface area (Å²) in [6.07, 6.45) is -0.843. The van der Waals surface area contributed by atoms with E-state index in [0.717, 1.165) is 21.7 Å². The second-order valence-electron chi connectivity index (χ2n) is 11.6. The molecule has 1 aliphatic rings. The van der Waals surface area contributed by atoms with Crippen molar-refractivity contribution in [3.05, 3.63) is 41.0 Å². The van der Waals surface area contributed by atoms with Crippen LogP contribution >= 0.6 is 11.3 Å². The van der Waals surface area contributed by atoms with Crippen molar-refractivity contribution in [1.29, 1.82) is 0 Å². The van der Waals surface area contributed by atoms with Crippen LogP contribution in [0.5, 0.6) is 0 Å². The molecule has 4 N–H and O–H groups in total. The van der Waals surface area contributed by atoms with E-state index in [9.17, 15) is 24.3 Å². The number of nitrogens with one attached hydrogen (secondary N) is 2. The Morgan fingerprint density at radius 3 is 2.30 bits per heavy atom. The van der Waals surface area contributed by atoms with Gasteiger partial charge in [0.2, 0.25) is 17.7 Å². The van der Waals surface area contributed by atoms with Gasteiger partial charge >= 0.3 is 5.97 Å². The summed E-state index contributed by atoms with van der Waals surface area (Å²) in [5.41, 5.74) is 4.04. The van der Waals surface area contributed by atoms with Crippen LogP contribution in [0.2, 0.25) is 0 Å². The Kier molecular flexibility index (Phi) is 12.6. The zero-order valence-electron chi connectivity index (χ0n) is 25.1. The molecule has 236 valence electrons. The number of carbonyl (C=O) groups excluding carboxylic acids is 3. The molecule has 13 heteroatoms. The quantitative estimate of drug-likeness (QED) is 0.219. The monoisotopic (exact) mass is 618 g/mol. The lowest BCUT2D eigenvalue weighted by atomic mass is 9.85. The van der Waals surface area contributed by atoms with Crippen LogP contribution in [-0.4, -0.2) is 94.9 Å². The molecule has 0 bridgehead atoms. The van der Waals surface area contributed by atoms with Crippen LogP contribution in [0.25, 0.3) is 10.4 Å². The SMILES string of the molecule is Cc1ncsc1-c1ccc(CNC(=O)C2CC(O)CN2C(=O)C(NC(=O)CCOCCOCCC(=O)O)C(C)(C)C)cc1. The van der Waals surface area contributed by atoms with Crippen LogP contribution in [0.4, 0.5) is 0 Å². The minimum Gasteiger partial charge on any atom is -0.481 e. The minimum atomic E-state index is -0.944. The smallest absolute Gasteiger partial charge is 0.305 e. The van der Waals surface area contributed by atoms with Crippen molar-refractivity contribution in [3.8, 4) is 10.4 Å². The second-order valence-corrected chi connectivity index (χ2v) is 12.4. The summed E-state index contributed by atoms with van der Waals surface area (Å²) >= 11 is 1.57. The zero-order valence-corrected chi connectivity index (χ0v) is 25.9. The number of carbonyl (C=O) groups is 4. The first-order valence-electron chi connectivity index (χ1n) is 14.3. The molecule has 3 amide bonds. The lowest BCUT2D eigenvalue weighted by Crippen LogP contribution is -2.57. The fourth-order valence-corrected chi connectivity index (χ4v) is 5.47. The number of likely N-dealkylation sites (tertiary alicyclic amines) is 1. The maximum Gasteiger partial charge on any atom is 0.305 e. The summed E-state index contributed by atoms with van der Waals surface area (Å²) in [5.74, 6) is -2.14. The Bertz CT molecular complexity index is 1240. The van der Waals surface area contributed by atoms with Gasteiger partial charge in [0, 0.05) is 25.9 Å². The third-order valence-electron chi connectivity index (χ3n) is 7.02. The van der Waals surface area contributed by atoms with Gasteiger partial charge in [-0.05, 0) is 23.5 Å². The summed E-state index contributed by atoms with van der Waals surface area (Å²) in [6, 6.07) is 6.03. The topological polar surface area (TPSA) is 167 Å². The van der Waals surface area contributed by atoms with Gasteiger partial charge in [0.15, 0.2) is 0 Å². The van der Waals surface area contributed by atoms with E-state index in [1.54, 1.807) is 16.8 Å². The highest BCUT2D eigenvalue weighted by molar-refractivity contribution is 7.13. The van der Waals surface area contributed by atoms with E-state index in [4.69, 9.17) is 14.6 Å². The van der Waals surface area contributed by atoms with Gasteiger partial charge in [-0.3, -0.25) is 19.2 Å². The Balaban J connectivity index is 1.53. The van der Waals surface area contributed by atoms with Crippen molar-refractivity contribution >= 4 is 35.0 Å². The Morgan fingerprint density at radius 1 is 1.07 bits per heavy atom. The van der Waals surface area contributed by atoms with Crippen molar-refractivity contribution in [2.24, 2.45) is 5.41 Å². The molecular formula is C30H42N4O8S. The molecule has 1 aromatic carbocycles. The van der Waals surface area contributed by atoms with Gasteiger partial charge in [-0.25, -0.2) is 4.98 Å². The summed E-state index contributed by atoms with van der Waals surface area (Å²) in [6.45, 7) is 8.26. The highest BCUT2D eigenvalue weighted by Gasteiger charge is 2.44. The van der Waals surface area contributed by atoms with E-state index in [1.807, 2.05) is 52.0 Å². The van der Waals surface area contributed by atoms with Gasteiger partial charge in [0.25, 0.3) is 0 Å². The summed E-state index contributed by atoms with van der Waals surface area (Å²) in [7, 11) is 0. The van der Waals surface area contributed by atoms with Crippen molar-refractivity contribution < 1.29 is 38.9 Å². The molecule has 2 aromatic rings. The minimum absolute atomic E-state index is 0.00286. The van der Waals surface area contributed by atoms with Crippen LogP contribution < -0.4 is 10.6 Å². The molecule has 12 nitrogen and oxygen atoms in total. The average molecular weight is 619 g/mol. The number of amides is 3. The number of benzene rings is 1. The molecule has 43 heavy (non-hydrogen) atoms. The number of carboxylic acid groups (broad SMARTS) is 1. The average Bonchev–Trinajstić information content (AvgIpc) is 3.56. The molecule has 3 atom stereocenters. The van der Waals surface area contributed by atoms with E-state index < -0.39 is 41.4 Å². The van der Waals surface area contributed by atoms with Gasteiger partial charge in [0.05, 0.1) is 55.0 Å². The van der Waals surface area contributed by atoms with E-state index >= 15 is 0 Å². The number of ether oxygens (including phenoxy) is 2. The maximum absolute atomic E-state index is 13.7. The van der Waals surface area contributed by atoms with E-state index in [1.165, 1.54) is 4.90 Å². The standard InChI is InChI=1S/C30H42N4O8S/c1-19-26(43-18-32-19)21-7-5-20(6-8-21)16-31-28(39)23-15-22(35)17-34(23)29(40)27(30(2,3)4)33-24(36)9-11-41-13-14-42-12-10-25(37)38/h5-8,18,22-23,27,35H,9-17H2,1-4H3,(H,31,39)(H,33,36)(H,37,38). The Labute approximate surface area is 255 Å². The predicted molar refractivity (Wildman–Crippen MR) is 160 cm³/mol. The third kappa shape index (κ3) is 10.4. The number of hydrogen-bond donors (Lipinski definition) is 4. The molecule has 3 unspecified atom stereocenters. The van der Waals surface area contributed by atoms with Gasteiger partial charge in [0.1, 0.15) is 12.1 Å². The molecule has 1 fully saturated rings. The molecule has 0 aliphatic carbocycles. The normalized spacial score (nSPS) is 17.5. The molecule has 1 saturated heterocycles. The first kappa shape index (κ1) is 34.1. The highest BCUT2D eigenvalue weighted by atomic mass is 32.1. The summed E-state index contributed by atoms with van der Waals surface area (Å²) in [4.78, 5) is 56.8. The number of carboxylic acids is 1. The number of hydrogen-bond acceptors (Lipinski definition) is 9. The molecule has 1 aliphatic heterocycles. The zero-order chi connectivity index (χ0) is 31.6. The Morgan fingerprint density at radius 2 is 1.72 bits per heavy atom. The van der Waals surface area contributed by atoms with Crippen molar-refractivity contribution in [1.82, 2.24) is 20.5 Å². The number of aliphatic hydroxyl groups is 1. The van der Waals surface area contributed by atoms with Crippen molar-refractivity contribution in [3.63, 3.8) is 0 Å². The second kappa shape index (κ2) is 15.9. The highest BCUT2D eigenvalue weighted by Crippen LogP contribution is 2.28. The molecule has 3 rings (SSSR count). The number of nitrogens with zero attached hydrogens (tertiary/aromatic N) is 2. The lowest BCUT2D eigenvalue weighted by Gasteiger charge is -2.35. The third-order valence-corrected chi connectivity index (χ3v) is 7.99. The van der Waals surface area contributed by atoms with Crippen LogP contribution in [-0.2, 0) is 35.2 Å². The number of aryl methyl sites for hydroxylation is 1. The van der Waals surface area contributed by atoms with E-state index in [-0.39, 0.29) is 64.7 Å². The number of rotatable bonds is 15. The van der Waals surface area contributed by atoms with E-state index in [2.05, 4.69) is 15.6 Å². The van der Waals surface area contributed by atoms with Gasteiger partial charge in [-0.2, -0.15) is 0 Å². The number of aliphatic hydroxyl groups excluding tert-OH is 1. The summed E-state index contributed by atoms with van der Waals surface area (Å²) in [5, 5.41) is 24.7. The maximum atomic E-state index is 13.7. The van der Waals surface area contributed by atoms with E-state index in [0.29, 0.717) is 0 Å². The molecule has 0 saturated carbocycles. The Hall–Kier alpha value is -3.39. The number of aromatic nitrogens is 1. The number of aliphatic carboxylic acids is 1.